The van der Waals surface area contributed by atoms with E-state index < -0.39 is 18.1 Å². The molecule has 2 N–H and O–H groups in total. The first kappa shape index (κ1) is 23.0. The number of aromatic nitrogens is 1. The summed E-state index contributed by atoms with van der Waals surface area (Å²) >= 11 is 1.20. The number of thiazole rings is 1. The molecule has 180 valence electrons. The van der Waals surface area contributed by atoms with E-state index in [9.17, 15) is 19.5 Å². The van der Waals surface area contributed by atoms with E-state index in [1.165, 1.54) is 23.2 Å². The molecule has 1 heterocycles. The average Bonchev–Trinajstić information content (AvgIpc) is 3.50. The van der Waals surface area contributed by atoms with Gasteiger partial charge in [-0.15, -0.1) is 11.3 Å². The number of amides is 2. The number of ether oxygens (including phenoxy) is 1. The van der Waals surface area contributed by atoms with Gasteiger partial charge in [0.15, 0.2) is 5.13 Å². The number of benzene rings is 2. The van der Waals surface area contributed by atoms with Crippen LogP contribution in [0.5, 0.6) is 0 Å². The zero-order valence-electron chi connectivity index (χ0n) is 19.1. The highest BCUT2D eigenvalue weighted by Gasteiger charge is 2.38. The van der Waals surface area contributed by atoms with Crippen LogP contribution in [0.1, 0.15) is 42.5 Å². The van der Waals surface area contributed by atoms with Crippen molar-refractivity contribution in [2.45, 2.75) is 44.2 Å². The predicted molar refractivity (Wildman–Crippen MR) is 131 cm³/mol. The Morgan fingerprint density at radius 2 is 1.74 bits per heavy atom. The molecule has 0 spiro atoms. The van der Waals surface area contributed by atoms with E-state index in [1.807, 2.05) is 24.3 Å². The average molecular weight is 492 g/mol. The largest absolute Gasteiger partial charge is 0.480 e. The smallest absolute Gasteiger partial charge is 0.413 e. The monoisotopic (exact) mass is 491 g/mol. The summed E-state index contributed by atoms with van der Waals surface area (Å²) in [5.41, 5.74) is 5.06. The van der Waals surface area contributed by atoms with Crippen LogP contribution in [0.25, 0.3) is 11.1 Å². The molecule has 3 aromatic rings. The zero-order valence-corrected chi connectivity index (χ0v) is 20.0. The standard InChI is InChI=1S/C26H25N3O5S/c1-15(24(31)32)29(17-10-11-17)23(30)12-16-14-35-25(27-16)28-26(33)34-13-22-20-8-4-2-6-18(20)19-7-3-5-9-21(19)22/h2-9,14-15,17,22H,10-13H2,1H3,(H,31,32)(H,27,28,33). The molecule has 1 aromatic heterocycles. The van der Waals surface area contributed by atoms with E-state index in [1.54, 1.807) is 5.38 Å². The van der Waals surface area contributed by atoms with Gasteiger partial charge in [0.2, 0.25) is 5.91 Å². The van der Waals surface area contributed by atoms with E-state index in [4.69, 9.17) is 4.74 Å². The van der Waals surface area contributed by atoms with Crippen molar-refractivity contribution in [3.63, 3.8) is 0 Å². The minimum Gasteiger partial charge on any atom is -0.480 e. The summed E-state index contributed by atoms with van der Waals surface area (Å²) < 4.78 is 5.55. The second-order valence-electron chi connectivity index (χ2n) is 8.82. The van der Waals surface area contributed by atoms with Gasteiger partial charge in [-0.2, -0.15) is 0 Å². The molecule has 9 heteroatoms. The van der Waals surface area contributed by atoms with Crippen LogP contribution in [-0.2, 0) is 20.7 Å². The fraction of sp³-hybridized carbons (Fsp3) is 0.308. The summed E-state index contributed by atoms with van der Waals surface area (Å²) in [5.74, 6) is -1.34. The molecular weight excluding hydrogens is 466 g/mol. The Kier molecular flexibility index (Phi) is 6.25. The minimum absolute atomic E-state index is 0.0169. The minimum atomic E-state index is -1.03. The van der Waals surface area contributed by atoms with E-state index in [0.29, 0.717) is 10.8 Å². The van der Waals surface area contributed by atoms with Gasteiger partial charge in [-0.3, -0.25) is 10.1 Å². The number of carboxylic acids is 1. The zero-order chi connectivity index (χ0) is 24.5. The molecular formula is C26H25N3O5S. The third-order valence-corrected chi connectivity index (χ3v) is 7.25. The van der Waals surface area contributed by atoms with Crippen LogP contribution in [0.3, 0.4) is 0 Å². The van der Waals surface area contributed by atoms with Gasteiger partial charge >= 0.3 is 12.1 Å². The van der Waals surface area contributed by atoms with Crippen LogP contribution < -0.4 is 5.32 Å². The van der Waals surface area contributed by atoms with Crippen LogP contribution in [0, 0.1) is 0 Å². The number of carbonyl (C=O) groups is 3. The first-order chi connectivity index (χ1) is 16.9. The quantitative estimate of drug-likeness (QED) is 0.480. The maximum Gasteiger partial charge on any atom is 0.413 e. The van der Waals surface area contributed by atoms with Crippen molar-refractivity contribution < 1.29 is 24.2 Å². The molecule has 0 radical (unpaired) electrons. The highest BCUT2D eigenvalue weighted by Crippen LogP contribution is 2.44. The Labute approximate surface area is 206 Å². The second-order valence-corrected chi connectivity index (χ2v) is 9.68. The first-order valence-electron chi connectivity index (χ1n) is 11.5. The molecule has 1 fully saturated rings. The van der Waals surface area contributed by atoms with Crippen molar-refractivity contribution in [2.24, 2.45) is 0 Å². The summed E-state index contributed by atoms with van der Waals surface area (Å²) in [6.07, 6.45) is 0.999. The molecule has 0 aliphatic heterocycles. The van der Waals surface area contributed by atoms with E-state index in [2.05, 4.69) is 34.6 Å². The number of fused-ring (bicyclic) bond motifs is 3. The van der Waals surface area contributed by atoms with Gasteiger partial charge in [-0.1, -0.05) is 48.5 Å². The molecule has 2 aliphatic carbocycles. The molecule has 1 unspecified atom stereocenters. The summed E-state index contributed by atoms with van der Waals surface area (Å²) in [6.45, 7) is 1.71. The van der Waals surface area contributed by atoms with Gasteiger partial charge in [0.05, 0.1) is 12.1 Å². The van der Waals surface area contributed by atoms with Crippen LogP contribution in [-0.4, -0.2) is 51.7 Å². The van der Waals surface area contributed by atoms with Crippen LogP contribution in [0.15, 0.2) is 53.9 Å². The Hall–Kier alpha value is -3.72. The van der Waals surface area contributed by atoms with Crippen molar-refractivity contribution in [3.8, 4) is 11.1 Å². The Balaban J connectivity index is 1.19. The Morgan fingerprint density at radius 1 is 1.11 bits per heavy atom. The molecule has 8 nitrogen and oxygen atoms in total. The molecule has 2 amide bonds. The highest BCUT2D eigenvalue weighted by molar-refractivity contribution is 7.13. The third kappa shape index (κ3) is 4.77. The lowest BCUT2D eigenvalue weighted by atomic mass is 9.98. The number of aliphatic carboxylic acids is 1. The van der Waals surface area contributed by atoms with Crippen molar-refractivity contribution in [2.75, 3.05) is 11.9 Å². The van der Waals surface area contributed by atoms with Crippen molar-refractivity contribution in [1.82, 2.24) is 9.88 Å². The predicted octanol–water partition coefficient (Wildman–Crippen LogP) is 4.51. The lowest BCUT2D eigenvalue weighted by Gasteiger charge is -2.26. The van der Waals surface area contributed by atoms with Gasteiger partial charge in [0.1, 0.15) is 12.6 Å². The Morgan fingerprint density at radius 3 is 2.34 bits per heavy atom. The normalized spacial score (nSPS) is 15.1. The molecule has 1 atom stereocenters. The van der Waals surface area contributed by atoms with Crippen LogP contribution in [0.2, 0.25) is 0 Å². The van der Waals surface area contributed by atoms with Crippen LogP contribution in [0.4, 0.5) is 9.93 Å². The van der Waals surface area contributed by atoms with Gasteiger partial charge < -0.3 is 14.7 Å². The third-order valence-electron chi connectivity index (χ3n) is 6.44. The molecule has 35 heavy (non-hydrogen) atoms. The maximum atomic E-state index is 12.7. The SMILES string of the molecule is CC(C(=O)O)N(C(=O)Cc1csc(NC(=O)OCC2c3ccccc3-c3ccccc32)n1)C1CC1. The summed E-state index contributed by atoms with van der Waals surface area (Å²) in [5, 5.41) is 14.0. The fourth-order valence-corrected chi connectivity index (χ4v) is 5.32. The number of carbonyl (C=O) groups excluding carboxylic acids is 2. The Bertz CT molecular complexity index is 1240. The molecule has 5 rings (SSSR count). The number of anilines is 1. The summed E-state index contributed by atoms with van der Waals surface area (Å²) in [7, 11) is 0. The number of rotatable bonds is 8. The first-order valence-corrected chi connectivity index (χ1v) is 12.4. The summed E-state index contributed by atoms with van der Waals surface area (Å²) in [4.78, 5) is 42.4. The molecule has 2 aliphatic rings. The molecule has 2 aromatic carbocycles. The van der Waals surface area contributed by atoms with E-state index >= 15 is 0 Å². The second kappa shape index (κ2) is 9.50. The van der Waals surface area contributed by atoms with E-state index in [0.717, 1.165) is 35.1 Å². The molecule has 0 saturated heterocycles. The number of carboxylic acid groups (broad SMARTS) is 1. The lowest BCUT2D eigenvalue weighted by Crippen LogP contribution is -2.45. The number of nitrogens with zero attached hydrogens (tertiary/aromatic N) is 2. The molecule has 0 bridgehead atoms. The van der Waals surface area contributed by atoms with Gasteiger partial charge in [-0.25, -0.2) is 14.6 Å². The van der Waals surface area contributed by atoms with Crippen molar-refractivity contribution in [1.29, 1.82) is 0 Å². The lowest BCUT2D eigenvalue weighted by molar-refractivity contribution is -0.149. The number of hydrogen-bond donors (Lipinski definition) is 2. The van der Waals surface area contributed by atoms with Gasteiger partial charge in [-0.05, 0) is 42.0 Å². The number of nitrogens with one attached hydrogen (secondary N) is 1. The van der Waals surface area contributed by atoms with Gasteiger partial charge in [0.25, 0.3) is 0 Å². The van der Waals surface area contributed by atoms with Crippen molar-refractivity contribution >= 4 is 34.4 Å². The number of hydrogen-bond acceptors (Lipinski definition) is 6. The van der Waals surface area contributed by atoms with Crippen molar-refractivity contribution in [3.05, 3.63) is 70.7 Å². The van der Waals surface area contributed by atoms with Crippen LogP contribution >= 0.6 is 11.3 Å². The summed E-state index contributed by atoms with van der Waals surface area (Å²) in [6, 6.07) is 15.3. The fourth-order valence-electron chi connectivity index (χ4n) is 4.62. The van der Waals surface area contributed by atoms with Gasteiger partial charge in [0, 0.05) is 17.3 Å². The van der Waals surface area contributed by atoms with E-state index in [-0.39, 0.29) is 30.9 Å². The molecule has 1 saturated carbocycles. The highest BCUT2D eigenvalue weighted by atomic mass is 32.1. The topological polar surface area (TPSA) is 109 Å². The maximum absolute atomic E-state index is 12.7.